The number of esters is 1. The highest BCUT2D eigenvalue weighted by molar-refractivity contribution is 5.71. The smallest absolute Gasteiger partial charge is 0.306 e. The predicted molar refractivity (Wildman–Crippen MR) is 106 cm³/mol. The highest BCUT2D eigenvalue weighted by Gasteiger charge is 2.42. The number of methoxy groups -OCH3 is 1. The number of hydrogen-bond donors (Lipinski definition) is 0. The molecular weight excluding hydrogens is 352 g/mol. The zero-order valence-corrected chi connectivity index (χ0v) is 16.5. The zero-order valence-electron chi connectivity index (χ0n) is 16.5. The van der Waals surface area contributed by atoms with E-state index in [4.69, 9.17) is 14.2 Å². The summed E-state index contributed by atoms with van der Waals surface area (Å²) in [5.74, 6) is 1.51. The largest absolute Gasteiger partial charge is 0.492 e. The van der Waals surface area contributed by atoms with Crippen LogP contribution in [0.15, 0.2) is 36.4 Å². The SMILES string of the molecule is COC(=O)CC1COc2cc(O[C@@H]3CCc4c3cccc4C3(C)CC3)ccc21. The number of benzene rings is 2. The lowest BCUT2D eigenvalue weighted by Crippen LogP contribution is -2.09. The first-order valence-corrected chi connectivity index (χ1v) is 10.2. The molecule has 5 rings (SSSR count). The summed E-state index contributed by atoms with van der Waals surface area (Å²) in [5.41, 5.74) is 5.82. The molecule has 1 unspecified atom stereocenters. The van der Waals surface area contributed by atoms with Gasteiger partial charge in [-0.1, -0.05) is 31.2 Å². The van der Waals surface area contributed by atoms with E-state index in [0.717, 1.165) is 29.9 Å². The van der Waals surface area contributed by atoms with Gasteiger partial charge in [0.05, 0.1) is 20.1 Å². The minimum atomic E-state index is -0.204. The fourth-order valence-electron chi connectivity index (χ4n) is 4.71. The first kappa shape index (κ1) is 17.6. The molecule has 4 heteroatoms. The first-order valence-electron chi connectivity index (χ1n) is 10.2. The summed E-state index contributed by atoms with van der Waals surface area (Å²) in [6, 6.07) is 12.7. The van der Waals surface area contributed by atoms with Crippen molar-refractivity contribution in [3.63, 3.8) is 0 Å². The minimum absolute atomic E-state index is 0.0607. The molecule has 0 amide bonds. The number of hydrogen-bond acceptors (Lipinski definition) is 4. The maximum Gasteiger partial charge on any atom is 0.306 e. The van der Waals surface area contributed by atoms with E-state index in [0.29, 0.717) is 18.4 Å². The van der Waals surface area contributed by atoms with Gasteiger partial charge in [-0.05, 0) is 53.9 Å². The van der Waals surface area contributed by atoms with Crippen molar-refractivity contribution < 1.29 is 19.0 Å². The lowest BCUT2D eigenvalue weighted by atomic mass is 9.91. The third kappa shape index (κ3) is 2.95. The van der Waals surface area contributed by atoms with Gasteiger partial charge in [-0.15, -0.1) is 0 Å². The fourth-order valence-corrected chi connectivity index (χ4v) is 4.71. The van der Waals surface area contributed by atoms with Gasteiger partial charge in [-0.25, -0.2) is 0 Å². The monoisotopic (exact) mass is 378 g/mol. The topological polar surface area (TPSA) is 44.8 Å². The third-order valence-electron chi connectivity index (χ3n) is 6.65. The highest BCUT2D eigenvalue weighted by atomic mass is 16.5. The molecule has 1 aliphatic heterocycles. The van der Waals surface area contributed by atoms with Crippen LogP contribution in [0.2, 0.25) is 0 Å². The second kappa shape index (κ2) is 6.54. The molecule has 1 fully saturated rings. The van der Waals surface area contributed by atoms with Crippen LogP contribution in [0.3, 0.4) is 0 Å². The molecule has 0 spiro atoms. The maximum atomic E-state index is 11.6. The van der Waals surface area contributed by atoms with Crippen LogP contribution in [-0.4, -0.2) is 19.7 Å². The van der Waals surface area contributed by atoms with Crippen LogP contribution in [0.25, 0.3) is 0 Å². The second-order valence-corrected chi connectivity index (χ2v) is 8.57. The van der Waals surface area contributed by atoms with Crippen LogP contribution in [0.1, 0.15) is 66.9 Å². The third-order valence-corrected chi connectivity index (χ3v) is 6.65. The average Bonchev–Trinajstić information content (AvgIpc) is 3.15. The molecule has 0 radical (unpaired) electrons. The van der Waals surface area contributed by atoms with Crippen molar-refractivity contribution in [3.8, 4) is 11.5 Å². The number of fused-ring (bicyclic) bond motifs is 2. The van der Waals surface area contributed by atoms with Crippen molar-refractivity contribution >= 4 is 5.97 Å². The van der Waals surface area contributed by atoms with E-state index in [-0.39, 0.29) is 18.0 Å². The molecule has 3 aliphatic rings. The van der Waals surface area contributed by atoms with Gasteiger partial charge in [0.1, 0.15) is 17.6 Å². The summed E-state index contributed by atoms with van der Waals surface area (Å²) >= 11 is 0. The van der Waals surface area contributed by atoms with Gasteiger partial charge >= 0.3 is 5.97 Å². The normalized spacial score (nSPS) is 23.5. The zero-order chi connectivity index (χ0) is 19.3. The van der Waals surface area contributed by atoms with Crippen LogP contribution in [-0.2, 0) is 21.4 Å². The van der Waals surface area contributed by atoms with E-state index in [2.05, 4.69) is 25.1 Å². The fraction of sp³-hybridized carbons (Fsp3) is 0.458. The van der Waals surface area contributed by atoms with Crippen molar-refractivity contribution in [2.24, 2.45) is 0 Å². The molecule has 28 heavy (non-hydrogen) atoms. The second-order valence-electron chi connectivity index (χ2n) is 8.57. The number of rotatable bonds is 5. The van der Waals surface area contributed by atoms with Crippen molar-refractivity contribution in [1.82, 2.24) is 0 Å². The van der Waals surface area contributed by atoms with E-state index < -0.39 is 0 Å². The Labute approximate surface area is 165 Å². The van der Waals surface area contributed by atoms with Crippen molar-refractivity contribution in [1.29, 1.82) is 0 Å². The average molecular weight is 378 g/mol. The van der Waals surface area contributed by atoms with Crippen LogP contribution in [0.5, 0.6) is 11.5 Å². The van der Waals surface area contributed by atoms with Crippen LogP contribution in [0.4, 0.5) is 0 Å². The summed E-state index contributed by atoms with van der Waals surface area (Å²) in [4.78, 5) is 11.6. The Hall–Kier alpha value is -2.49. The van der Waals surface area contributed by atoms with E-state index in [1.54, 1.807) is 0 Å². The molecule has 2 aliphatic carbocycles. The molecular formula is C24H26O4. The summed E-state index contributed by atoms with van der Waals surface area (Å²) < 4.78 is 17.0. The van der Waals surface area contributed by atoms with Gasteiger partial charge in [-0.3, -0.25) is 4.79 Å². The van der Waals surface area contributed by atoms with Gasteiger partial charge in [0.15, 0.2) is 0 Å². The number of ether oxygens (including phenoxy) is 3. The molecule has 1 heterocycles. The van der Waals surface area contributed by atoms with Crippen molar-refractivity contribution in [3.05, 3.63) is 58.7 Å². The predicted octanol–water partition coefficient (Wildman–Crippen LogP) is 4.84. The van der Waals surface area contributed by atoms with E-state index in [1.165, 1.54) is 36.6 Å². The lowest BCUT2D eigenvalue weighted by molar-refractivity contribution is -0.141. The molecule has 0 bridgehead atoms. The Balaban J connectivity index is 1.35. The van der Waals surface area contributed by atoms with Crippen LogP contribution >= 0.6 is 0 Å². The van der Waals surface area contributed by atoms with E-state index in [9.17, 15) is 4.79 Å². The molecule has 146 valence electrons. The minimum Gasteiger partial charge on any atom is -0.492 e. The number of carbonyl (C=O) groups is 1. The van der Waals surface area contributed by atoms with Crippen molar-refractivity contribution in [2.75, 3.05) is 13.7 Å². The maximum absolute atomic E-state index is 11.6. The molecule has 2 aromatic rings. The quantitative estimate of drug-likeness (QED) is 0.698. The molecule has 0 saturated heterocycles. The van der Waals surface area contributed by atoms with E-state index in [1.807, 2.05) is 18.2 Å². The van der Waals surface area contributed by atoms with Gasteiger partial charge in [0.25, 0.3) is 0 Å². The standard InChI is InChI=1S/C24H26O4/c1-24(10-11-24)20-5-3-4-19-18(20)8-9-21(19)28-16-6-7-17-15(12-23(25)26-2)14-27-22(17)13-16/h3-7,13,15,21H,8-12,14H2,1-2H3/t15?,21-/m1/s1. The lowest BCUT2D eigenvalue weighted by Gasteiger charge is -2.18. The van der Waals surface area contributed by atoms with Gasteiger partial charge in [0.2, 0.25) is 0 Å². The Kier molecular flexibility index (Phi) is 4.11. The molecule has 2 atom stereocenters. The molecule has 4 nitrogen and oxygen atoms in total. The number of carbonyl (C=O) groups excluding carboxylic acids is 1. The molecule has 0 aromatic heterocycles. The van der Waals surface area contributed by atoms with E-state index >= 15 is 0 Å². The molecule has 0 N–H and O–H groups in total. The van der Waals surface area contributed by atoms with Crippen molar-refractivity contribution in [2.45, 2.75) is 56.5 Å². The van der Waals surface area contributed by atoms with Crippen LogP contribution in [0, 0.1) is 0 Å². The Morgan fingerprint density at radius 3 is 2.86 bits per heavy atom. The Bertz CT molecular complexity index is 928. The van der Waals surface area contributed by atoms with Crippen LogP contribution < -0.4 is 9.47 Å². The summed E-state index contributed by atoms with van der Waals surface area (Å²) in [6.45, 7) is 2.89. The highest BCUT2D eigenvalue weighted by Crippen LogP contribution is 2.51. The molecule has 2 aromatic carbocycles. The van der Waals surface area contributed by atoms with Gasteiger partial charge in [0, 0.05) is 17.5 Å². The first-order chi connectivity index (χ1) is 13.6. The Morgan fingerprint density at radius 2 is 2.07 bits per heavy atom. The summed E-state index contributed by atoms with van der Waals surface area (Å²) in [5, 5.41) is 0. The van der Waals surface area contributed by atoms with Gasteiger partial charge < -0.3 is 14.2 Å². The summed E-state index contributed by atoms with van der Waals surface area (Å²) in [6.07, 6.45) is 5.15. The van der Waals surface area contributed by atoms with Gasteiger partial charge in [-0.2, -0.15) is 0 Å². The summed E-state index contributed by atoms with van der Waals surface area (Å²) in [7, 11) is 1.42. The molecule has 1 saturated carbocycles. The Morgan fingerprint density at radius 1 is 1.21 bits per heavy atom.